The number of hydrogen-bond donors (Lipinski definition) is 0. The number of allylic oxidation sites excluding steroid dienone is 4. The zero-order chi connectivity index (χ0) is 27.8. The average Bonchev–Trinajstić information content (AvgIpc) is 3.15. The van der Waals surface area contributed by atoms with Crippen molar-refractivity contribution in [2.45, 2.75) is 71.8 Å². The van der Waals surface area contributed by atoms with Gasteiger partial charge in [-0.15, -0.1) is 12.5 Å². The van der Waals surface area contributed by atoms with Crippen LogP contribution in [0.3, 0.4) is 0 Å². The number of hydrogen-bond acceptors (Lipinski definition) is 0. The van der Waals surface area contributed by atoms with Crippen molar-refractivity contribution in [1.29, 1.82) is 0 Å². The quantitative estimate of drug-likeness (QED) is 0.180. The van der Waals surface area contributed by atoms with Gasteiger partial charge in [-0.05, 0) is 48.1 Å². The third-order valence-corrected chi connectivity index (χ3v) is 9.99. The van der Waals surface area contributed by atoms with Gasteiger partial charge in [-0.25, -0.2) is 5.57 Å². The molecular formula is C38H49GeNZr. The maximum Gasteiger partial charge on any atom is 3.00 e. The molecule has 8 rings (SSSR count). The van der Waals surface area contributed by atoms with E-state index in [0.717, 1.165) is 17.8 Å². The van der Waals surface area contributed by atoms with Crippen molar-refractivity contribution in [3.05, 3.63) is 127 Å². The smallest absolute Gasteiger partial charge is 0.672 e. The maximum absolute atomic E-state index is 8.21. The molecule has 2 radical (unpaired) electrons. The molecule has 0 saturated heterocycles. The van der Waals surface area contributed by atoms with Crippen LogP contribution in [0.5, 0.6) is 0 Å². The van der Waals surface area contributed by atoms with Crippen LogP contribution in [0.25, 0.3) is 16.9 Å². The van der Waals surface area contributed by atoms with E-state index in [4.69, 9.17) is 5.73 Å². The van der Waals surface area contributed by atoms with Gasteiger partial charge in [-0.2, -0.15) is 11.1 Å². The number of rotatable bonds is 1. The summed E-state index contributed by atoms with van der Waals surface area (Å²) in [5.74, 6) is 3.43. The van der Waals surface area contributed by atoms with Crippen LogP contribution in [0.15, 0.2) is 108 Å². The molecule has 0 aliphatic heterocycles. The van der Waals surface area contributed by atoms with E-state index >= 15 is 0 Å². The van der Waals surface area contributed by atoms with Crippen molar-refractivity contribution >= 4 is 20.9 Å². The molecule has 4 fully saturated rings. The van der Waals surface area contributed by atoms with Gasteiger partial charge >= 0.3 is 77.4 Å². The van der Waals surface area contributed by atoms with Crippen LogP contribution < -0.4 is 4.40 Å². The van der Waals surface area contributed by atoms with Gasteiger partial charge in [0.05, 0.1) is 0 Å². The van der Waals surface area contributed by atoms with Gasteiger partial charge in [-0.1, -0.05) is 107 Å². The summed E-state index contributed by atoms with van der Waals surface area (Å²) in [6.45, 7) is 8.67. The van der Waals surface area contributed by atoms with E-state index < -0.39 is 0 Å². The molecule has 0 amide bonds. The Balaban J connectivity index is 0.000000192. The first kappa shape index (κ1) is 35.7. The Morgan fingerprint density at radius 2 is 1.05 bits per heavy atom. The summed E-state index contributed by atoms with van der Waals surface area (Å²) in [5, 5.41) is 0. The summed E-state index contributed by atoms with van der Waals surface area (Å²) in [5.41, 5.74) is 15.1. The molecule has 3 aromatic carbocycles. The minimum atomic E-state index is 0. The molecule has 214 valence electrons. The average molecular weight is 684 g/mol. The van der Waals surface area contributed by atoms with Crippen LogP contribution in [0, 0.1) is 37.2 Å². The molecule has 5 aliphatic rings. The second kappa shape index (κ2) is 17.0. The Morgan fingerprint density at radius 3 is 1.27 bits per heavy atom. The molecule has 1 unspecified atom stereocenters. The molecular weight excluding hydrogens is 634 g/mol. The molecule has 0 spiro atoms. The van der Waals surface area contributed by atoms with Crippen molar-refractivity contribution in [3.63, 3.8) is 0 Å². The fourth-order valence-corrected chi connectivity index (χ4v) is 7.58. The van der Waals surface area contributed by atoms with Crippen molar-refractivity contribution in [2.75, 3.05) is 0 Å². The monoisotopic (exact) mass is 683 g/mol. The normalized spacial score (nSPS) is 26.4. The molecule has 41 heavy (non-hydrogen) atoms. The molecule has 4 saturated carbocycles. The van der Waals surface area contributed by atoms with Gasteiger partial charge < -0.3 is 13.2 Å². The summed E-state index contributed by atoms with van der Waals surface area (Å²) in [7, 11) is 0. The first-order valence-corrected chi connectivity index (χ1v) is 16.2. The van der Waals surface area contributed by atoms with Gasteiger partial charge in [0.1, 0.15) is 0 Å². The minimum absolute atomic E-state index is 0. The van der Waals surface area contributed by atoms with Crippen LogP contribution in [-0.4, -0.2) is 22.1 Å². The Labute approximate surface area is 278 Å². The molecule has 3 heteroatoms. The molecule has 0 heterocycles. The zero-order valence-corrected chi connectivity index (χ0v) is 31.3. The minimum Gasteiger partial charge on any atom is -0.672 e. The molecule has 1 nitrogen and oxygen atoms in total. The summed E-state index contributed by atoms with van der Waals surface area (Å²) in [6.07, 6.45) is 11.5. The van der Waals surface area contributed by atoms with Crippen LogP contribution >= 0.6 is 0 Å². The van der Waals surface area contributed by atoms with E-state index in [-0.39, 0.29) is 39.2 Å². The van der Waals surface area contributed by atoms with E-state index in [1.54, 1.807) is 0 Å². The topological polar surface area (TPSA) is 23.8 Å². The Kier molecular flexibility index (Phi) is 14.8. The summed E-state index contributed by atoms with van der Waals surface area (Å²) in [4.78, 5) is 0. The molecule has 1 N–H and O–H groups in total. The fourth-order valence-electron chi connectivity index (χ4n) is 7.01. The third-order valence-electron chi connectivity index (χ3n) is 9.00. The van der Waals surface area contributed by atoms with E-state index in [2.05, 4.69) is 107 Å². The first-order chi connectivity index (χ1) is 18.7. The summed E-state index contributed by atoms with van der Waals surface area (Å²) >= 11 is 1.26. The van der Waals surface area contributed by atoms with Crippen LogP contribution in [0.4, 0.5) is 0 Å². The van der Waals surface area contributed by atoms with E-state index in [9.17, 15) is 0 Å². The maximum atomic E-state index is 8.21. The van der Waals surface area contributed by atoms with Gasteiger partial charge in [-0.3, -0.25) is 6.08 Å². The van der Waals surface area contributed by atoms with Gasteiger partial charge in [0.25, 0.3) is 0 Å². The SMILES string of the molecule is CC1=[C-]C(C)C(C)=C1C.[CH3-].[GeH2][c]1ccccc1.[NH-]C12CC3CC(CC(C3)C1)C2.[Zr+3].c1ccc(-c2ccccc2)cc1. The Hall–Kier alpha value is -1.47. The molecule has 4 bridgehead atoms. The van der Waals surface area contributed by atoms with Crippen LogP contribution in [-0.2, 0) is 26.2 Å². The predicted octanol–water partition coefficient (Wildman–Crippen LogP) is 9.48. The van der Waals surface area contributed by atoms with Crippen LogP contribution in [0.2, 0.25) is 0 Å². The third kappa shape index (κ3) is 10.6. The van der Waals surface area contributed by atoms with Crippen molar-refractivity contribution < 1.29 is 26.2 Å². The van der Waals surface area contributed by atoms with Crippen molar-refractivity contribution in [2.24, 2.45) is 23.7 Å². The second-order valence-corrected chi connectivity index (χ2v) is 13.9. The standard InChI is InChI=1S/C12H10.C10H16N.C9H13.C6H7Ge.CH3.Zr/c1-3-7-11(8-4-1)12-9-5-2-6-10-12;11-10-4-7-1-8(5-10)3-9(2-7)6-10;1-6-5-7(2)9(4)8(6)3;7-6-4-2-1-3-5-6;;/h1-10H;7-9,11H,1-6H2;6H,1-4H3;1-5H,7H2;1H3;/q;2*-1;;-1;+3. The Morgan fingerprint density at radius 1 is 0.683 bits per heavy atom. The van der Waals surface area contributed by atoms with Gasteiger partial charge in [0.15, 0.2) is 0 Å². The van der Waals surface area contributed by atoms with Gasteiger partial charge in [0.2, 0.25) is 0 Å². The largest absolute Gasteiger partial charge is 3.00 e. The molecule has 5 aliphatic carbocycles. The van der Waals surface area contributed by atoms with Gasteiger partial charge in [0, 0.05) is 0 Å². The number of benzene rings is 3. The van der Waals surface area contributed by atoms with E-state index in [1.165, 1.54) is 87.3 Å². The first-order valence-electron chi connectivity index (χ1n) is 14.7. The predicted molar refractivity (Wildman–Crippen MR) is 178 cm³/mol. The number of nitrogens with one attached hydrogen (secondary N) is 1. The van der Waals surface area contributed by atoms with E-state index in [0.29, 0.717) is 5.92 Å². The zero-order valence-electron chi connectivity index (χ0n) is 25.9. The molecule has 1 atom stereocenters. The fraction of sp³-hybridized carbons (Fsp3) is 0.395. The van der Waals surface area contributed by atoms with Crippen LogP contribution in [0.1, 0.15) is 66.2 Å². The Bertz CT molecular complexity index is 1160. The summed E-state index contributed by atoms with van der Waals surface area (Å²) < 4.78 is 1.45. The van der Waals surface area contributed by atoms with E-state index in [1.807, 2.05) is 18.2 Å². The van der Waals surface area contributed by atoms with Crippen molar-refractivity contribution in [3.8, 4) is 11.1 Å². The summed E-state index contributed by atoms with van der Waals surface area (Å²) in [6, 6.07) is 31.2. The second-order valence-electron chi connectivity index (χ2n) is 12.2. The molecule has 3 aromatic rings. The molecule has 0 aromatic heterocycles. The van der Waals surface area contributed by atoms with Crippen molar-refractivity contribution in [1.82, 2.24) is 0 Å².